The van der Waals surface area contributed by atoms with Crippen molar-refractivity contribution < 1.29 is 9.90 Å². The monoisotopic (exact) mass is 260 g/mol. The molecule has 0 heterocycles. The second kappa shape index (κ2) is 4.83. The molecule has 3 heteroatoms. The van der Waals surface area contributed by atoms with Crippen molar-refractivity contribution in [2.75, 3.05) is 0 Å². The smallest absolute Gasteiger partial charge is 0.196 e. The van der Waals surface area contributed by atoms with Crippen molar-refractivity contribution in [2.45, 2.75) is 13.8 Å². The van der Waals surface area contributed by atoms with Crippen LogP contribution in [-0.2, 0) is 0 Å². The summed E-state index contributed by atoms with van der Waals surface area (Å²) in [5.41, 5.74) is 2.95. The molecule has 0 amide bonds. The number of hydrogen-bond donors (Lipinski definition) is 1. The Kier molecular flexibility index (Phi) is 3.39. The van der Waals surface area contributed by atoms with E-state index in [2.05, 4.69) is 0 Å². The van der Waals surface area contributed by atoms with Gasteiger partial charge in [-0.05, 0) is 49.2 Å². The van der Waals surface area contributed by atoms with Gasteiger partial charge in [-0.25, -0.2) is 0 Å². The van der Waals surface area contributed by atoms with Crippen LogP contribution in [0.25, 0.3) is 0 Å². The molecule has 0 bridgehead atoms. The van der Waals surface area contributed by atoms with E-state index >= 15 is 0 Å². The van der Waals surface area contributed by atoms with Gasteiger partial charge in [0.05, 0.1) is 5.56 Å². The van der Waals surface area contributed by atoms with Crippen LogP contribution in [-0.4, -0.2) is 10.9 Å². The minimum atomic E-state index is -0.224. The van der Waals surface area contributed by atoms with Crippen LogP contribution in [0.2, 0.25) is 5.02 Å². The van der Waals surface area contributed by atoms with Crippen molar-refractivity contribution in [3.63, 3.8) is 0 Å². The van der Waals surface area contributed by atoms with E-state index in [0.717, 1.165) is 11.1 Å². The number of ketones is 1. The molecular weight excluding hydrogens is 248 g/mol. The lowest BCUT2D eigenvalue weighted by molar-refractivity contribution is 0.103. The SMILES string of the molecule is Cc1ccc(C(=O)c2cc(Cl)ccc2O)cc1C. The van der Waals surface area contributed by atoms with Crippen molar-refractivity contribution in [3.05, 3.63) is 63.7 Å². The fraction of sp³-hybridized carbons (Fsp3) is 0.133. The maximum atomic E-state index is 12.3. The zero-order chi connectivity index (χ0) is 13.3. The molecule has 92 valence electrons. The summed E-state index contributed by atoms with van der Waals surface area (Å²) in [6.07, 6.45) is 0. The van der Waals surface area contributed by atoms with Crippen molar-refractivity contribution in [3.8, 4) is 5.75 Å². The molecule has 0 saturated heterocycles. The van der Waals surface area contributed by atoms with Crippen LogP contribution < -0.4 is 0 Å². The van der Waals surface area contributed by atoms with Gasteiger partial charge in [0, 0.05) is 10.6 Å². The Balaban J connectivity index is 2.47. The largest absolute Gasteiger partial charge is 0.507 e. The standard InChI is InChI=1S/C15H13ClO2/c1-9-3-4-11(7-10(9)2)15(18)13-8-12(16)5-6-14(13)17/h3-8,17H,1-2H3. The van der Waals surface area contributed by atoms with Crippen LogP contribution in [0.1, 0.15) is 27.0 Å². The molecule has 0 aliphatic rings. The summed E-state index contributed by atoms with van der Waals surface area (Å²) in [5.74, 6) is -0.277. The first kappa shape index (κ1) is 12.7. The Bertz CT molecular complexity index is 618. The Morgan fingerprint density at radius 2 is 1.78 bits per heavy atom. The number of halogens is 1. The Morgan fingerprint density at radius 1 is 1.06 bits per heavy atom. The average molecular weight is 261 g/mol. The summed E-state index contributed by atoms with van der Waals surface area (Å²) in [4.78, 5) is 12.3. The molecule has 18 heavy (non-hydrogen) atoms. The zero-order valence-corrected chi connectivity index (χ0v) is 11.0. The molecule has 0 aliphatic carbocycles. The van der Waals surface area contributed by atoms with Crippen LogP contribution in [0.3, 0.4) is 0 Å². The molecule has 0 atom stereocenters. The fourth-order valence-corrected chi connectivity index (χ4v) is 1.90. The predicted octanol–water partition coefficient (Wildman–Crippen LogP) is 3.89. The van der Waals surface area contributed by atoms with Gasteiger partial charge in [0.25, 0.3) is 0 Å². The Labute approximate surface area is 111 Å². The molecule has 2 rings (SSSR count). The number of phenols is 1. The van der Waals surface area contributed by atoms with Gasteiger partial charge in [0.15, 0.2) is 5.78 Å². The van der Waals surface area contributed by atoms with E-state index in [1.165, 1.54) is 12.1 Å². The van der Waals surface area contributed by atoms with E-state index < -0.39 is 0 Å². The second-order valence-electron chi connectivity index (χ2n) is 4.29. The molecule has 0 fully saturated rings. The number of carbonyl (C=O) groups is 1. The molecule has 0 saturated carbocycles. The molecule has 0 radical (unpaired) electrons. The van der Waals surface area contributed by atoms with E-state index in [9.17, 15) is 9.90 Å². The van der Waals surface area contributed by atoms with Gasteiger partial charge >= 0.3 is 0 Å². The van der Waals surface area contributed by atoms with E-state index in [0.29, 0.717) is 10.6 Å². The highest BCUT2D eigenvalue weighted by molar-refractivity contribution is 6.31. The predicted molar refractivity (Wildman–Crippen MR) is 72.5 cm³/mol. The molecule has 0 aliphatic heterocycles. The van der Waals surface area contributed by atoms with Gasteiger partial charge in [-0.15, -0.1) is 0 Å². The highest BCUT2D eigenvalue weighted by Gasteiger charge is 2.14. The van der Waals surface area contributed by atoms with Crippen molar-refractivity contribution in [1.82, 2.24) is 0 Å². The number of hydrogen-bond acceptors (Lipinski definition) is 2. The van der Waals surface area contributed by atoms with Crippen LogP contribution in [0, 0.1) is 13.8 Å². The highest BCUT2D eigenvalue weighted by atomic mass is 35.5. The van der Waals surface area contributed by atoms with E-state index in [4.69, 9.17) is 11.6 Å². The van der Waals surface area contributed by atoms with Gasteiger partial charge in [-0.2, -0.15) is 0 Å². The minimum Gasteiger partial charge on any atom is -0.507 e. The van der Waals surface area contributed by atoms with Crippen molar-refractivity contribution in [2.24, 2.45) is 0 Å². The Morgan fingerprint density at radius 3 is 2.44 bits per heavy atom. The molecule has 0 spiro atoms. The summed E-state index contributed by atoms with van der Waals surface area (Å²) in [6.45, 7) is 3.93. The molecule has 2 nitrogen and oxygen atoms in total. The summed E-state index contributed by atoms with van der Waals surface area (Å²) in [7, 11) is 0. The number of carbonyl (C=O) groups excluding carboxylic acids is 1. The normalized spacial score (nSPS) is 10.4. The van der Waals surface area contributed by atoms with Gasteiger partial charge in [0.1, 0.15) is 5.75 Å². The van der Waals surface area contributed by atoms with E-state index in [1.807, 2.05) is 26.0 Å². The lowest BCUT2D eigenvalue weighted by Crippen LogP contribution is -2.02. The van der Waals surface area contributed by atoms with Crippen LogP contribution >= 0.6 is 11.6 Å². The van der Waals surface area contributed by atoms with Gasteiger partial charge in [-0.1, -0.05) is 23.7 Å². The first-order chi connectivity index (χ1) is 8.49. The third kappa shape index (κ3) is 2.39. The molecule has 2 aromatic rings. The van der Waals surface area contributed by atoms with Crippen molar-refractivity contribution in [1.29, 1.82) is 0 Å². The first-order valence-corrected chi connectivity index (χ1v) is 5.97. The molecule has 1 N–H and O–H groups in total. The zero-order valence-electron chi connectivity index (χ0n) is 10.2. The Hall–Kier alpha value is -1.80. The second-order valence-corrected chi connectivity index (χ2v) is 4.73. The highest BCUT2D eigenvalue weighted by Crippen LogP contribution is 2.24. The number of aromatic hydroxyl groups is 1. The van der Waals surface area contributed by atoms with Gasteiger partial charge in [-0.3, -0.25) is 4.79 Å². The minimum absolute atomic E-state index is 0.0531. The topological polar surface area (TPSA) is 37.3 Å². The quantitative estimate of drug-likeness (QED) is 0.832. The maximum absolute atomic E-state index is 12.3. The number of aryl methyl sites for hydroxylation is 2. The van der Waals surface area contributed by atoms with Crippen LogP contribution in [0.15, 0.2) is 36.4 Å². The first-order valence-electron chi connectivity index (χ1n) is 5.59. The lowest BCUT2D eigenvalue weighted by atomic mass is 9.99. The summed E-state index contributed by atoms with van der Waals surface area (Å²) in [5, 5.41) is 10.1. The van der Waals surface area contributed by atoms with Crippen molar-refractivity contribution >= 4 is 17.4 Å². The number of phenolic OH excluding ortho intramolecular Hbond substituents is 1. The maximum Gasteiger partial charge on any atom is 0.196 e. The lowest BCUT2D eigenvalue weighted by Gasteiger charge is -2.06. The molecule has 0 aromatic heterocycles. The van der Waals surface area contributed by atoms with Gasteiger partial charge < -0.3 is 5.11 Å². The average Bonchev–Trinajstić information content (AvgIpc) is 2.35. The van der Waals surface area contributed by atoms with Crippen LogP contribution in [0.4, 0.5) is 0 Å². The third-order valence-electron chi connectivity index (χ3n) is 2.97. The summed E-state index contributed by atoms with van der Waals surface area (Å²) >= 11 is 5.84. The summed E-state index contributed by atoms with van der Waals surface area (Å²) in [6, 6.07) is 9.92. The fourth-order valence-electron chi connectivity index (χ4n) is 1.73. The van der Waals surface area contributed by atoms with Crippen LogP contribution in [0.5, 0.6) is 5.75 Å². The third-order valence-corrected chi connectivity index (χ3v) is 3.21. The number of benzene rings is 2. The van der Waals surface area contributed by atoms with E-state index in [1.54, 1.807) is 12.1 Å². The molecule has 2 aromatic carbocycles. The molecule has 0 unspecified atom stereocenters. The number of rotatable bonds is 2. The summed E-state index contributed by atoms with van der Waals surface area (Å²) < 4.78 is 0. The molecular formula is C15H13ClO2. The van der Waals surface area contributed by atoms with Gasteiger partial charge in [0.2, 0.25) is 0 Å². The van der Waals surface area contributed by atoms with E-state index in [-0.39, 0.29) is 17.1 Å².